The van der Waals surface area contributed by atoms with E-state index in [0.717, 1.165) is 46.9 Å². The number of guanidine groups is 2. The first-order valence-corrected chi connectivity index (χ1v) is 8.52. The predicted molar refractivity (Wildman–Crippen MR) is 95.3 cm³/mol. The molecule has 4 rings (SSSR count). The van der Waals surface area contributed by atoms with E-state index in [1.165, 1.54) is 6.42 Å². The van der Waals surface area contributed by atoms with Gasteiger partial charge in [0.1, 0.15) is 10.3 Å². The van der Waals surface area contributed by atoms with Crippen LogP contribution in [0.4, 0.5) is 5.69 Å². The third-order valence-corrected chi connectivity index (χ3v) is 5.21. The lowest BCUT2D eigenvalue weighted by Gasteiger charge is -2.45. The Morgan fingerprint density at radius 1 is 1.17 bits per heavy atom. The molecule has 1 aromatic heterocycles. The number of rotatable bonds is 1. The van der Waals surface area contributed by atoms with E-state index in [1.807, 2.05) is 23.1 Å². The van der Waals surface area contributed by atoms with E-state index in [1.54, 1.807) is 0 Å². The molecular formula is C15H18BrN7. The van der Waals surface area contributed by atoms with Crippen LogP contribution < -0.4 is 16.4 Å². The van der Waals surface area contributed by atoms with Crippen LogP contribution in [0.2, 0.25) is 0 Å². The van der Waals surface area contributed by atoms with Crippen LogP contribution in [0.3, 0.4) is 0 Å². The van der Waals surface area contributed by atoms with E-state index in [-0.39, 0.29) is 5.96 Å². The Morgan fingerprint density at radius 2 is 1.96 bits per heavy atom. The van der Waals surface area contributed by atoms with E-state index < -0.39 is 5.66 Å². The van der Waals surface area contributed by atoms with Gasteiger partial charge in [-0.2, -0.15) is 10.1 Å². The van der Waals surface area contributed by atoms with E-state index in [9.17, 15) is 0 Å². The number of fused-ring (bicyclic) bond motifs is 1. The van der Waals surface area contributed by atoms with Gasteiger partial charge in [0, 0.05) is 11.1 Å². The van der Waals surface area contributed by atoms with Crippen molar-refractivity contribution in [3.05, 3.63) is 22.8 Å². The van der Waals surface area contributed by atoms with Gasteiger partial charge in [0.2, 0.25) is 11.9 Å². The van der Waals surface area contributed by atoms with Gasteiger partial charge in [-0.25, -0.2) is 4.99 Å². The summed E-state index contributed by atoms with van der Waals surface area (Å²) in [5, 5.41) is 8.27. The number of aromatic nitrogens is 2. The van der Waals surface area contributed by atoms with Crippen LogP contribution >= 0.6 is 15.9 Å². The van der Waals surface area contributed by atoms with Gasteiger partial charge in [0.15, 0.2) is 0 Å². The third-order valence-electron chi connectivity index (χ3n) is 4.60. The van der Waals surface area contributed by atoms with Gasteiger partial charge in [-0.1, -0.05) is 6.42 Å². The van der Waals surface area contributed by atoms with Crippen molar-refractivity contribution in [1.29, 1.82) is 0 Å². The van der Waals surface area contributed by atoms with Crippen molar-refractivity contribution < 1.29 is 0 Å². The molecular weight excluding hydrogens is 358 g/mol. The van der Waals surface area contributed by atoms with E-state index >= 15 is 0 Å². The summed E-state index contributed by atoms with van der Waals surface area (Å²) >= 11 is 3.46. The van der Waals surface area contributed by atoms with Crippen molar-refractivity contribution in [3.63, 3.8) is 0 Å². The summed E-state index contributed by atoms with van der Waals surface area (Å²) in [7, 11) is 0. The number of nitrogens with two attached hydrogens (primary N) is 2. The number of nitrogens with zero attached hydrogens (tertiary/aromatic N) is 4. The zero-order valence-corrected chi connectivity index (χ0v) is 14.2. The van der Waals surface area contributed by atoms with Crippen molar-refractivity contribution >= 4 is 44.4 Å². The molecule has 0 bridgehead atoms. The van der Waals surface area contributed by atoms with Crippen LogP contribution in [0.25, 0.3) is 10.9 Å². The molecule has 23 heavy (non-hydrogen) atoms. The molecule has 2 heterocycles. The SMILES string of the molecule is NC1=NC2(CCCCC2)N(c2ccc3c(Br)[nH]nc3c2)C(N)=N1. The van der Waals surface area contributed by atoms with Gasteiger partial charge in [-0.3, -0.25) is 10.00 Å². The number of aromatic amines is 1. The van der Waals surface area contributed by atoms with Crippen LogP contribution in [-0.4, -0.2) is 27.8 Å². The van der Waals surface area contributed by atoms with Gasteiger partial charge in [-0.05, 0) is 59.8 Å². The topological polar surface area (TPSA) is 109 Å². The van der Waals surface area contributed by atoms with Crippen LogP contribution in [0.1, 0.15) is 32.1 Å². The Labute approximate surface area is 142 Å². The lowest BCUT2D eigenvalue weighted by molar-refractivity contribution is 0.305. The van der Waals surface area contributed by atoms with Crippen LogP contribution in [-0.2, 0) is 0 Å². The summed E-state index contributed by atoms with van der Waals surface area (Å²) in [6, 6.07) is 6.05. The summed E-state index contributed by atoms with van der Waals surface area (Å²) in [4.78, 5) is 10.9. The van der Waals surface area contributed by atoms with Crippen molar-refractivity contribution in [2.75, 3.05) is 4.90 Å². The number of nitrogens with one attached hydrogen (secondary N) is 1. The maximum Gasteiger partial charge on any atom is 0.220 e. The largest absolute Gasteiger partial charge is 0.369 e. The van der Waals surface area contributed by atoms with Crippen LogP contribution in [0.15, 0.2) is 32.8 Å². The molecule has 1 saturated carbocycles. The summed E-state index contributed by atoms with van der Waals surface area (Å²) in [5.74, 6) is 0.664. The standard InChI is InChI=1S/C15H18BrN7/c16-12-10-5-4-9(8-11(10)21-22-12)23-14(18)19-13(17)20-15(23)6-2-1-3-7-15/h4-5,8H,1-3,6-7H2,(H,21,22)(H4,17,18,19,20). The van der Waals surface area contributed by atoms with E-state index in [2.05, 4.69) is 36.1 Å². The first kappa shape index (κ1) is 14.5. The fourth-order valence-corrected chi connectivity index (χ4v) is 4.03. The Bertz CT molecular complexity index is 816. The van der Waals surface area contributed by atoms with Gasteiger partial charge < -0.3 is 11.5 Å². The average Bonchev–Trinajstić information content (AvgIpc) is 2.88. The number of hydrogen-bond donors (Lipinski definition) is 3. The van der Waals surface area contributed by atoms with Crippen molar-refractivity contribution in [2.45, 2.75) is 37.8 Å². The Morgan fingerprint density at radius 3 is 2.74 bits per heavy atom. The number of H-pyrrole nitrogens is 1. The second-order valence-electron chi connectivity index (χ2n) is 6.06. The lowest BCUT2D eigenvalue weighted by Crippen LogP contribution is -2.58. The third kappa shape index (κ3) is 2.28. The van der Waals surface area contributed by atoms with Crippen molar-refractivity contribution in [2.24, 2.45) is 21.5 Å². The molecule has 120 valence electrons. The maximum absolute atomic E-state index is 6.23. The molecule has 0 unspecified atom stereocenters. The van der Waals surface area contributed by atoms with Gasteiger partial charge >= 0.3 is 0 Å². The molecule has 1 aliphatic carbocycles. The Balaban J connectivity index is 1.84. The first-order valence-electron chi connectivity index (χ1n) is 7.72. The molecule has 7 nitrogen and oxygen atoms in total. The zero-order valence-electron chi connectivity index (χ0n) is 12.6. The fourth-order valence-electron chi connectivity index (χ4n) is 3.60. The first-order chi connectivity index (χ1) is 11.1. The molecule has 0 amide bonds. The normalized spacial score (nSPS) is 20.7. The fraction of sp³-hybridized carbons (Fsp3) is 0.400. The summed E-state index contributed by atoms with van der Waals surface area (Å²) in [5.41, 5.74) is 13.5. The second kappa shape index (κ2) is 5.23. The van der Waals surface area contributed by atoms with Crippen LogP contribution in [0, 0.1) is 0 Å². The van der Waals surface area contributed by atoms with E-state index in [4.69, 9.17) is 11.5 Å². The minimum Gasteiger partial charge on any atom is -0.369 e. The molecule has 2 aromatic rings. The molecule has 0 saturated heterocycles. The molecule has 1 spiro atoms. The highest BCUT2D eigenvalue weighted by atomic mass is 79.9. The molecule has 8 heteroatoms. The number of anilines is 1. The zero-order chi connectivity index (χ0) is 16.0. The molecule has 1 fully saturated rings. The van der Waals surface area contributed by atoms with Crippen LogP contribution in [0.5, 0.6) is 0 Å². The predicted octanol–water partition coefficient (Wildman–Crippen LogP) is 2.44. The molecule has 5 N–H and O–H groups in total. The number of benzene rings is 1. The Kier molecular flexibility index (Phi) is 3.29. The quantitative estimate of drug-likeness (QED) is 0.710. The average molecular weight is 376 g/mol. The maximum atomic E-state index is 6.23. The van der Waals surface area contributed by atoms with Crippen molar-refractivity contribution in [3.8, 4) is 0 Å². The monoisotopic (exact) mass is 375 g/mol. The highest BCUT2D eigenvalue weighted by Crippen LogP contribution is 2.40. The van der Waals surface area contributed by atoms with Gasteiger partial charge in [-0.15, -0.1) is 0 Å². The van der Waals surface area contributed by atoms with Crippen molar-refractivity contribution in [1.82, 2.24) is 10.2 Å². The highest BCUT2D eigenvalue weighted by molar-refractivity contribution is 9.10. The summed E-state index contributed by atoms with van der Waals surface area (Å²) in [6.45, 7) is 0. The number of halogens is 1. The Hall–Kier alpha value is -2.09. The van der Waals surface area contributed by atoms with Gasteiger partial charge in [0.05, 0.1) is 5.52 Å². The molecule has 1 aromatic carbocycles. The molecule has 0 radical (unpaired) electrons. The number of hydrogen-bond acceptors (Lipinski definition) is 6. The smallest absolute Gasteiger partial charge is 0.220 e. The minimum absolute atomic E-state index is 0.268. The highest BCUT2D eigenvalue weighted by Gasteiger charge is 2.42. The molecule has 2 aliphatic rings. The molecule has 1 aliphatic heterocycles. The lowest BCUT2D eigenvalue weighted by atomic mass is 9.87. The summed E-state index contributed by atoms with van der Waals surface area (Å²) < 4.78 is 0.869. The second-order valence-corrected chi connectivity index (χ2v) is 6.85. The number of aliphatic imine (C=N–C) groups is 2. The van der Waals surface area contributed by atoms with E-state index in [0.29, 0.717) is 5.96 Å². The van der Waals surface area contributed by atoms with Gasteiger partial charge in [0.25, 0.3) is 0 Å². The summed E-state index contributed by atoms with van der Waals surface area (Å²) in [6.07, 6.45) is 5.28. The molecule has 0 atom stereocenters. The minimum atomic E-state index is -0.421.